The van der Waals surface area contributed by atoms with E-state index in [9.17, 15) is 8.42 Å². The molecule has 0 aliphatic carbocycles. The topological polar surface area (TPSA) is 37.4 Å². The van der Waals surface area contributed by atoms with Crippen LogP contribution >= 0.6 is 27.5 Å². The lowest BCUT2D eigenvalue weighted by molar-refractivity contribution is 0.393. The van der Waals surface area contributed by atoms with Gasteiger partial charge in [-0.05, 0) is 40.0 Å². The average molecular weight is 355 g/mol. The Morgan fingerprint density at radius 2 is 2.06 bits per heavy atom. The molecule has 1 rings (SSSR count). The van der Waals surface area contributed by atoms with E-state index < -0.39 is 10.0 Å². The maximum Gasteiger partial charge on any atom is 0.242 e. The minimum atomic E-state index is -3.44. The average Bonchev–Trinajstić information content (AvgIpc) is 2.32. The lowest BCUT2D eigenvalue weighted by atomic mass is 10.1. The lowest BCUT2D eigenvalue weighted by Crippen LogP contribution is -2.31. The Labute approximate surface area is 122 Å². The van der Waals surface area contributed by atoms with Gasteiger partial charge >= 0.3 is 0 Å². The van der Waals surface area contributed by atoms with E-state index in [0.717, 1.165) is 6.42 Å². The van der Waals surface area contributed by atoms with Crippen molar-refractivity contribution in [3.8, 4) is 0 Å². The van der Waals surface area contributed by atoms with E-state index in [1.807, 2.05) is 13.8 Å². The third-order valence-electron chi connectivity index (χ3n) is 2.86. The van der Waals surface area contributed by atoms with Gasteiger partial charge in [-0.25, -0.2) is 12.7 Å². The Kier molecular flexibility index (Phi) is 5.65. The number of hydrogen-bond donors (Lipinski definition) is 0. The second-order valence-electron chi connectivity index (χ2n) is 4.37. The molecule has 1 unspecified atom stereocenters. The fraction of sp³-hybridized carbons (Fsp3) is 0.500. The van der Waals surface area contributed by atoms with Gasteiger partial charge in [0.25, 0.3) is 0 Å². The van der Waals surface area contributed by atoms with Crippen LogP contribution in [0.2, 0.25) is 5.02 Å². The first-order chi connectivity index (χ1) is 8.28. The molecular weight excluding hydrogens is 338 g/mol. The van der Waals surface area contributed by atoms with E-state index in [2.05, 4.69) is 15.9 Å². The largest absolute Gasteiger partial charge is 0.242 e. The highest BCUT2D eigenvalue weighted by Crippen LogP contribution is 2.26. The maximum atomic E-state index is 12.3. The third kappa shape index (κ3) is 3.70. The van der Waals surface area contributed by atoms with Crippen molar-refractivity contribution in [3.05, 3.63) is 27.7 Å². The van der Waals surface area contributed by atoms with E-state index in [-0.39, 0.29) is 4.90 Å². The summed E-state index contributed by atoms with van der Waals surface area (Å²) in [5.41, 5.74) is 0. The number of nitrogens with zero attached hydrogens (tertiary/aromatic N) is 1. The Balaban J connectivity index is 3.02. The van der Waals surface area contributed by atoms with Gasteiger partial charge in [0.05, 0.1) is 9.92 Å². The Hall–Kier alpha value is -0.100. The first-order valence-corrected chi connectivity index (χ1v) is 8.31. The zero-order valence-electron chi connectivity index (χ0n) is 10.7. The van der Waals surface area contributed by atoms with Gasteiger partial charge in [-0.15, -0.1) is 0 Å². The third-order valence-corrected chi connectivity index (χ3v) is 5.90. The lowest BCUT2D eigenvalue weighted by Gasteiger charge is -2.20. The van der Waals surface area contributed by atoms with Crippen molar-refractivity contribution in [2.75, 3.05) is 13.6 Å². The summed E-state index contributed by atoms with van der Waals surface area (Å²) in [4.78, 5) is 0.254. The number of halogens is 2. The van der Waals surface area contributed by atoms with E-state index in [0.29, 0.717) is 22.0 Å². The van der Waals surface area contributed by atoms with Crippen LogP contribution in [0.1, 0.15) is 20.3 Å². The summed E-state index contributed by atoms with van der Waals surface area (Å²) in [5, 5.41) is 0.499. The highest BCUT2D eigenvalue weighted by molar-refractivity contribution is 9.10. The molecule has 0 saturated carbocycles. The SMILES string of the molecule is CCC(C)CN(C)S(=O)(=O)c1ccc(Cl)c(Br)c1. The summed E-state index contributed by atoms with van der Waals surface area (Å²) in [6.07, 6.45) is 0.949. The van der Waals surface area contributed by atoms with Crippen molar-refractivity contribution < 1.29 is 8.42 Å². The van der Waals surface area contributed by atoms with Gasteiger partial charge in [-0.3, -0.25) is 0 Å². The molecule has 0 saturated heterocycles. The van der Waals surface area contributed by atoms with E-state index >= 15 is 0 Å². The molecule has 3 nitrogen and oxygen atoms in total. The van der Waals surface area contributed by atoms with Gasteiger partial charge in [-0.1, -0.05) is 31.9 Å². The number of sulfonamides is 1. The molecule has 0 amide bonds. The van der Waals surface area contributed by atoms with Gasteiger partial charge in [0, 0.05) is 18.1 Å². The zero-order valence-corrected chi connectivity index (χ0v) is 13.8. The van der Waals surface area contributed by atoms with E-state index in [1.54, 1.807) is 13.1 Å². The predicted molar refractivity (Wildman–Crippen MR) is 78.4 cm³/mol. The molecule has 1 atom stereocenters. The van der Waals surface area contributed by atoms with Crippen LogP contribution in [-0.4, -0.2) is 26.3 Å². The number of benzene rings is 1. The molecule has 18 heavy (non-hydrogen) atoms. The highest BCUT2D eigenvalue weighted by Gasteiger charge is 2.22. The minimum absolute atomic E-state index is 0.254. The van der Waals surface area contributed by atoms with Gasteiger partial charge in [0.1, 0.15) is 0 Å². The fourth-order valence-corrected chi connectivity index (χ4v) is 3.45. The minimum Gasteiger partial charge on any atom is -0.207 e. The maximum absolute atomic E-state index is 12.3. The van der Waals surface area contributed by atoms with Crippen molar-refractivity contribution in [2.45, 2.75) is 25.2 Å². The quantitative estimate of drug-likeness (QED) is 0.807. The van der Waals surface area contributed by atoms with Crippen molar-refractivity contribution in [2.24, 2.45) is 5.92 Å². The van der Waals surface area contributed by atoms with Crippen LogP contribution in [0.15, 0.2) is 27.6 Å². The monoisotopic (exact) mass is 353 g/mol. The molecule has 0 heterocycles. The van der Waals surface area contributed by atoms with Crippen molar-refractivity contribution in [3.63, 3.8) is 0 Å². The molecule has 1 aromatic carbocycles. The molecule has 0 aliphatic heterocycles. The van der Waals surface area contributed by atoms with Gasteiger partial charge in [0.2, 0.25) is 10.0 Å². The van der Waals surface area contributed by atoms with Gasteiger partial charge in [-0.2, -0.15) is 0 Å². The van der Waals surface area contributed by atoms with Crippen LogP contribution < -0.4 is 0 Å². The standard InChI is InChI=1S/C12H17BrClNO2S/c1-4-9(2)8-15(3)18(16,17)10-5-6-12(14)11(13)7-10/h5-7,9H,4,8H2,1-3H3. The first kappa shape index (κ1) is 16.0. The molecule has 0 fully saturated rings. The Bertz CT molecular complexity index is 519. The second kappa shape index (κ2) is 6.37. The molecule has 0 aromatic heterocycles. The first-order valence-electron chi connectivity index (χ1n) is 5.70. The van der Waals surface area contributed by atoms with Crippen molar-refractivity contribution in [1.82, 2.24) is 4.31 Å². The summed E-state index contributed by atoms with van der Waals surface area (Å²) in [7, 11) is -1.84. The molecular formula is C12H17BrClNO2S. The summed E-state index contributed by atoms with van der Waals surface area (Å²) in [6.45, 7) is 4.59. The summed E-state index contributed by atoms with van der Waals surface area (Å²) in [6, 6.07) is 4.63. The summed E-state index contributed by atoms with van der Waals surface area (Å²) < 4.78 is 26.6. The summed E-state index contributed by atoms with van der Waals surface area (Å²) >= 11 is 9.10. The van der Waals surface area contributed by atoms with Crippen LogP contribution in [0.25, 0.3) is 0 Å². The van der Waals surface area contributed by atoms with Crippen LogP contribution in [0.3, 0.4) is 0 Å². The molecule has 0 N–H and O–H groups in total. The van der Waals surface area contributed by atoms with Crippen LogP contribution in [0.4, 0.5) is 0 Å². The predicted octanol–water partition coefficient (Wildman–Crippen LogP) is 3.77. The van der Waals surface area contributed by atoms with Gasteiger partial charge in [0.15, 0.2) is 0 Å². The fourth-order valence-electron chi connectivity index (χ4n) is 1.48. The molecule has 0 aliphatic rings. The van der Waals surface area contributed by atoms with Crippen molar-refractivity contribution in [1.29, 1.82) is 0 Å². The van der Waals surface area contributed by atoms with Crippen LogP contribution in [-0.2, 0) is 10.0 Å². The number of rotatable bonds is 5. The van der Waals surface area contributed by atoms with Crippen molar-refractivity contribution >= 4 is 37.6 Å². The Morgan fingerprint density at radius 1 is 1.44 bits per heavy atom. The molecule has 6 heteroatoms. The number of hydrogen-bond acceptors (Lipinski definition) is 2. The van der Waals surface area contributed by atoms with Gasteiger partial charge < -0.3 is 0 Å². The van der Waals surface area contributed by atoms with E-state index in [1.165, 1.54) is 16.4 Å². The normalized spacial score (nSPS) is 13.9. The van der Waals surface area contributed by atoms with Crippen LogP contribution in [0, 0.1) is 5.92 Å². The van der Waals surface area contributed by atoms with E-state index in [4.69, 9.17) is 11.6 Å². The Morgan fingerprint density at radius 3 is 2.56 bits per heavy atom. The molecule has 0 radical (unpaired) electrons. The van der Waals surface area contributed by atoms with Crippen LogP contribution in [0.5, 0.6) is 0 Å². The second-order valence-corrected chi connectivity index (χ2v) is 7.68. The molecule has 0 bridgehead atoms. The smallest absolute Gasteiger partial charge is 0.207 e. The molecule has 0 spiro atoms. The molecule has 1 aromatic rings. The molecule has 102 valence electrons. The zero-order chi connectivity index (χ0) is 13.9. The highest BCUT2D eigenvalue weighted by atomic mass is 79.9. The summed E-state index contributed by atoms with van der Waals surface area (Å²) in [5.74, 6) is 0.334.